The maximum atomic E-state index is 5.87. The van der Waals surface area contributed by atoms with Gasteiger partial charge in [-0.05, 0) is 20.8 Å². The molecule has 1 aromatic rings. The predicted molar refractivity (Wildman–Crippen MR) is 73.3 cm³/mol. The topological polar surface area (TPSA) is 43.4 Å². The van der Waals surface area contributed by atoms with Crippen molar-refractivity contribution < 1.29 is 9.47 Å². The molecule has 1 N–H and O–H groups in total. The van der Waals surface area contributed by atoms with Crippen molar-refractivity contribution in [3.8, 4) is 5.75 Å². The van der Waals surface area contributed by atoms with Gasteiger partial charge in [0.15, 0.2) is 0 Å². The molecule has 0 aliphatic carbocycles. The third kappa shape index (κ3) is 6.19. The molecule has 0 spiro atoms. The molecule has 1 heterocycles. The van der Waals surface area contributed by atoms with Gasteiger partial charge in [0, 0.05) is 31.5 Å². The Kier molecular flexibility index (Phi) is 5.85. The van der Waals surface area contributed by atoms with E-state index in [9.17, 15) is 0 Å². The molecule has 5 heteroatoms. The van der Waals surface area contributed by atoms with E-state index in [0.717, 1.165) is 0 Å². The number of hydrogen-bond acceptors (Lipinski definition) is 4. The molecule has 4 nitrogen and oxygen atoms in total. The van der Waals surface area contributed by atoms with Gasteiger partial charge in [-0.2, -0.15) is 0 Å². The van der Waals surface area contributed by atoms with Crippen molar-refractivity contribution in [3.63, 3.8) is 0 Å². The molecular weight excluding hydrogens is 252 g/mol. The lowest BCUT2D eigenvalue weighted by molar-refractivity contribution is 0.0762. The van der Waals surface area contributed by atoms with E-state index in [-0.39, 0.29) is 11.6 Å². The molecule has 0 saturated heterocycles. The summed E-state index contributed by atoms with van der Waals surface area (Å²) >= 11 is 5.87. The van der Waals surface area contributed by atoms with Crippen molar-refractivity contribution >= 4 is 11.6 Å². The number of nitrogens with zero attached hydrogens (tertiary/aromatic N) is 1. The lowest BCUT2D eigenvalue weighted by Crippen LogP contribution is -2.44. The Morgan fingerprint density at radius 1 is 1.39 bits per heavy atom. The molecule has 1 rings (SSSR count). The molecule has 1 aromatic heterocycles. The van der Waals surface area contributed by atoms with E-state index in [1.54, 1.807) is 25.6 Å². The fourth-order valence-electron chi connectivity index (χ4n) is 1.39. The molecule has 0 bridgehead atoms. The molecule has 102 valence electrons. The summed E-state index contributed by atoms with van der Waals surface area (Å²) < 4.78 is 10.9. The maximum absolute atomic E-state index is 5.87. The predicted octanol–water partition coefficient (Wildman–Crippen LogP) is 2.52. The van der Waals surface area contributed by atoms with E-state index < -0.39 is 0 Å². The molecule has 0 aromatic carbocycles. The van der Waals surface area contributed by atoms with Crippen LogP contribution in [0.4, 0.5) is 0 Å². The second-order valence-electron chi connectivity index (χ2n) is 5.16. The highest BCUT2D eigenvalue weighted by Crippen LogP contribution is 2.16. The van der Waals surface area contributed by atoms with Crippen LogP contribution in [0.5, 0.6) is 5.75 Å². The van der Waals surface area contributed by atoms with E-state index in [4.69, 9.17) is 21.1 Å². The largest absolute Gasteiger partial charge is 0.485 e. The summed E-state index contributed by atoms with van der Waals surface area (Å²) in [7, 11) is 1.66. The van der Waals surface area contributed by atoms with Crippen molar-refractivity contribution in [2.75, 3.05) is 20.3 Å². The van der Waals surface area contributed by atoms with E-state index in [2.05, 4.69) is 31.1 Å². The molecule has 0 fully saturated rings. The summed E-state index contributed by atoms with van der Waals surface area (Å²) in [6.07, 6.45) is 3.15. The van der Waals surface area contributed by atoms with Crippen LogP contribution >= 0.6 is 11.6 Å². The quantitative estimate of drug-likeness (QED) is 0.864. The molecule has 1 atom stereocenters. The molecule has 18 heavy (non-hydrogen) atoms. The number of hydrogen-bond donors (Lipinski definition) is 1. The van der Waals surface area contributed by atoms with Crippen molar-refractivity contribution in [2.45, 2.75) is 32.4 Å². The van der Waals surface area contributed by atoms with Crippen LogP contribution in [0.2, 0.25) is 5.02 Å². The van der Waals surface area contributed by atoms with Crippen molar-refractivity contribution in [3.05, 3.63) is 23.5 Å². The summed E-state index contributed by atoms with van der Waals surface area (Å²) in [4.78, 5) is 3.99. The Morgan fingerprint density at radius 3 is 2.67 bits per heavy atom. The molecule has 0 radical (unpaired) electrons. The summed E-state index contributed by atoms with van der Waals surface area (Å²) in [5.74, 6) is 0.653. The van der Waals surface area contributed by atoms with E-state index in [0.29, 0.717) is 23.9 Å². The normalized spacial score (nSPS) is 13.4. The Morgan fingerprint density at radius 2 is 2.11 bits per heavy atom. The van der Waals surface area contributed by atoms with E-state index in [1.807, 2.05) is 0 Å². The minimum absolute atomic E-state index is 0.0436. The van der Waals surface area contributed by atoms with Crippen molar-refractivity contribution in [2.24, 2.45) is 0 Å². The lowest BCUT2D eigenvalue weighted by Gasteiger charge is -2.25. The van der Waals surface area contributed by atoms with Crippen LogP contribution in [0.3, 0.4) is 0 Å². The van der Waals surface area contributed by atoms with Gasteiger partial charge in [0.1, 0.15) is 11.9 Å². The number of nitrogens with one attached hydrogen (secondary N) is 1. The summed E-state index contributed by atoms with van der Waals surface area (Å²) in [5.41, 5.74) is 0.0436. The fourth-order valence-corrected chi connectivity index (χ4v) is 1.55. The Labute approximate surface area is 114 Å². The Hall–Kier alpha value is -0.840. The fraction of sp³-hybridized carbons (Fsp3) is 0.615. The van der Waals surface area contributed by atoms with Crippen LogP contribution in [0, 0.1) is 0 Å². The monoisotopic (exact) mass is 272 g/mol. The number of aromatic nitrogens is 1. The molecule has 0 aliphatic rings. The van der Waals surface area contributed by atoms with Crippen LogP contribution in [-0.2, 0) is 4.74 Å². The molecule has 1 unspecified atom stereocenters. The first-order valence-corrected chi connectivity index (χ1v) is 6.29. The zero-order valence-electron chi connectivity index (χ0n) is 11.4. The van der Waals surface area contributed by atoms with Gasteiger partial charge in [-0.15, -0.1) is 0 Å². The number of pyridine rings is 1. The molecule has 0 amide bonds. The molecule has 0 saturated carbocycles. The van der Waals surface area contributed by atoms with Gasteiger partial charge in [-0.25, -0.2) is 0 Å². The second kappa shape index (κ2) is 6.92. The SMILES string of the molecule is COCC(CNC(C)(C)C)Oc1cncc(Cl)c1. The number of methoxy groups -OCH3 is 1. The minimum atomic E-state index is -0.0745. The number of halogens is 1. The van der Waals surface area contributed by atoms with E-state index >= 15 is 0 Å². The summed E-state index contributed by atoms with van der Waals surface area (Å²) in [6.45, 7) is 7.53. The van der Waals surface area contributed by atoms with Crippen molar-refractivity contribution in [1.29, 1.82) is 0 Å². The average Bonchev–Trinajstić information content (AvgIpc) is 2.25. The average molecular weight is 273 g/mol. The Balaban J connectivity index is 2.57. The first-order chi connectivity index (χ1) is 8.40. The highest BCUT2D eigenvalue weighted by molar-refractivity contribution is 6.30. The first kappa shape index (κ1) is 15.2. The number of ether oxygens (including phenoxy) is 2. The van der Waals surface area contributed by atoms with Crippen molar-refractivity contribution in [1.82, 2.24) is 10.3 Å². The maximum Gasteiger partial charge on any atom is 0.139 e. The second-order valence-corrected chi connectivity index (χ2v) is 5.60. The van der Waals surface area contributed by atoms with Gasteiger partial charge in [0.2, 0.25) is 0 Å². The third-order valence-electron chi connectivity index (χ3n) is 2.20. The zero-order chi connectivity index (χ0) is 13.6. The van der Waals surface area contributed by atoms with E-state index in [1.165, 1.54) is 0 Å². The van der Waals surface area contributed by atoms with Gasteiger partial charge in [0.25, 0.3) is 0 Å². The van der Waals surface area contributed by atoms with Crippen LogP contribution < -0.4 is 10.1 Å². The first-order valence-electron chi connectivity index (χ1n) is 5.92. The highest BCUT2D eigenvalue weighted by atomic mass is 35.5. The lowest BCUT2D eigenvalue weighted by atomic mass is 10.1. The Bertz CT molecular complexity index is 366. The third-order valence-corrected chi connectivity index (χ3v) is 2.40. The van der Waals surface area contributed by atoms with Gasteiger partial charge < -0.3 is 14.8 Å². The zero-order valence-corrected chi connectivity index (χ0v) is 12.1. The standard InChI is InChI=1S/C13H21ClN2O2/c1-13(2,3)16-8-12(9-17-4)18-11-5-10(14)6-15-7-11/h5-7,12,16H,8-9H2,1-4H3. The smallest absolute Gasteiger partial charge is 0.139 e. The van der Waals surface area contributed by atoms with Crippen LogP contribution in [0.15, 0.2) is 18.5 Å². The van der Waals surface area contributed by atoms with Gasteiger partial charge >= 0.3 is 0 Å². The minimum Gasteiger partial charge on any atom is -0.485 e. The summed E-state index contributed by atoms with van der Waals surface area (Å²) in [6, 6.07) is 1.74. The van der Waals surface area contributed by atoms with Crippen LogP contribution in [0.25, 0.3) is 0 Å². The number of rotatable bonds is 6. The van der Waals surface area contributed by atoms with Gasteiger partial charge in [-0.1, -0.05) is 11.6 Å². The highest BCUT2D eigenvalue weighted by Gasteiger charge is 2.15. The summed E-state index contributed by atoms with van der Waals surface area (Å²) in [5, 5.41) is 3.95. The van der Waals surface area contributed by atoms with Gasteiger partial charge in [-0.3, -0.25) is 4.98 Å². The molecule has 0 aliphatic heterocycles. The molecular formula is C13H21ClN2O2. The van der Waals surface area contributed by atoms with Gasteiger partial charge in [0.05, 0.1) is 17.8 Å². The van der Waals surface area contributed by atoms with Crippen LogP contribution in [0.1, 0.15) is 20.8 Å². The van der Waals surface area contributed by atoms with Crippen LogP contribution in [-0.4, -0.2) is 36.9 Å².